The summed E-state index contributed by atoms with van der Waals surface area (Å²) in [7, 11) is 0. The maximum absolute atomic E-state index is 14.7. The predicted molar refractivity (Wildman–Crippen MR) is 283 cm³/mol. The Morgan fingerprint density at radius 3 is 2.09 bits per heavy atom. The highest BCUT2D eigenvalue weighted by Crippen LogP contribution is 2.34. The summed E-state index contributed by atoms with van der Waals surface area (Å²) in [6.45, 7) is 12.6. The van der Waals surface area contributed by atoms with E-state index in [2.05, 4.69) is 20.9 Å². The van der Waals surface area contributed by atoms with Gasteiger partial charge in [0.15, 0.2) is 17.4 Å². The second-order valence-electron chi connectivity index (χ2n) is 18.7. The normalized spacial score (nSPS) is 15.1. The second kappa shape index (κ2) is 31.6. The van der Waals surface area contributed by atoms with Crippen molar-refractivity contribution in [3.05, 3.63) is 98.0 Å². The molecule has 0 unspecified atom stereocenters. The zero-order valence-electron chi connectivity index (χ0n) is 42.5. The van der Waals surface area contributed by atoms with Gasteiger partial charge < -0.3 is 54.4 Å². The van der Waals surface area contributed by atoms with Crippen molar-refractivity contribution in [2.24, 2.45) is 11.3 Å². The van der Waals surface area contributed by atoms with Crippen LogP contribution in [0.4, 0.5) is 24.5 Å². The van der Waals surface area contributed by atoms with Crippen LogP contribution in [-0.4, -0.2) is 149 Å². The van der Waals surface area contributed by atoms with Gasteiger partial charge in [-0.3, -0.25) is 19.2 Å². The Hall–Kier alpha value is -4.43. The number of hydrogen-bond donors (Lipinski definition) is 4. The molecular formula is C53H69F3IN5O11S. The highest BCUT2D eigenvalue weighted by atomic mass is 127. The fourth-order valence-electron chi connectivity index (χ4n) is 7.87. The number of aliphatic hydroxyl groups is 1. The summed E-state index contributed by atoms with van der Waals surface area (Å²) in [6, 6.07) is 13.2. The van der Waals surface area contributed by atoms with Crippen molar-refractivity contribution in [3.63, 3.8) is 0 Å². The number of ether oxygens (including phenoxy) is 6. The number of nitrogens with zero attached hydrogens (tertiary/aromatic N) is 2. The van der Waals surface area contributed by atoms with Gasteiger partial charge in [-0.15, -0.1) is 11.3 Å². The predicted octanol–water partition coefficient (Wildman–Crippen LogP) is 7.44. The number of rotatable bonds is 34. The molecule has 0 radical (unpaired) electrons. The summed E-state index contributed by atoms with van der Waals surface area (Å²) in [5.74, 6) is -5.21. The number of aromatic nitrogens is 1. The Labute approximate surface area is 448 Å². The largest absolute Gasteiger partial charge is 0.391 e. The van der Waals surface area contributed by atoms with E-state index in [9.17, 15) is 37.5 Å². The van der Waals surface area contributed by atoms with Crippen LogP contribution in [-0.2, 0) is 49.3 Å². The molecule has 0 spiro atoms. The highest BCUT2D eigenvalue weighted by Gasteiger charge is 2.44. The molecule has 1 aliphatic heterocycles. The molecule has 2 heterocycles. The molecule has 406 valence electrons. The van der Waals surface area contributed by atoms with Crippen LogP contribution in [0.25, 0.3) is 10.4 Å². The lowest BCUT2D eigenvalue weighted by molar-refractivity contribution is -0.146. The summed E-state index contributed by atoms with van der Waals surface area (Å²) < 4.78 is 76.9. The molecule has 74 heavy (non-hydrogen) atoms. The van der Waals surface area contributed by atoms with E-state index in [-0.39, 0.29) is 87.6 Å². The lowest BCUT2D eigenvalue weighted by atomic mass is 9.76. The molecule has 1 fully saturated rings. The average molecular weight is 1170 g/mol. The number of benzene rings is 3. The third-order valence-corrected chi connectivity index (χ3v) is 13.6. The third kappa shape index (κ3) is 19.9. The number of thiazole rings is 1. The molecule has 3 atom stereocenters. The van der Waals surface area contributed by atoms with Crippen LogP contribution in [0.15, 0.2) is 60.1 Å². The van der Waals surface area contributed by atoms with Crippen LogP contribution in [0.5, 0.6) is 0 Å². The summed E-state index contributed by atoms with van der Waals surface area (Å²) >= 11 is 3.49. The lowest BCUT2D eigenvalue weighted by Crippen LogP contribution is -2.50. The molecule has 1 aliphatic rings. The van der Waals surface area contributed by atoms with Crippen molar-refractivity contribution in [2.75, 3.05) is 104 Å². The van der Waals surface area contributed by atoms with Gasteiger partial charge in [0.25, 0.3) is 0 Å². The molecule has 3 aromatic carbocycles. The van der Waals surface area contributed by atoms with Crippen LogP contribution in [0, 0.1) is 39.3 Å². The maximum Gasteiger partial charge on any atom is 0.243 e. The average Bonchev–Trinajstić information content (AvgIpc) is 3.99. The van der Waals surface area contributed by atoms with E-state index < -0.39 is 52.4 Å². The minimum Gasteiger partial charge on any atom is -0.391 e. The summed E-state index contributed by atoms with van der Waals surface area (Å²) in [5.41, 5.74) is 3.44. The van der Waals surface area contributed by atoms with Gasteiger partial charge in [-0.05, 0) is 89.4 Å². The van der Waals surface area contributed by atoms with Crippen molar-refractivity contribution >= 4 is 68.7 Å². The zero-order valence-corrected chi connectivity index (χ0v) is 45.5. The summed E-state index contributed by atoms with van der Waals surface area (Å²) in [5, 5.41) is 19.2. The third-order valence-electron chi connectivity index (χ3n) is 12.0. The van der Waals surface area contributed by atoms with Crippen molar-refractivity contribution in [2.45, 2.75) is 72.1 Å². The van der Waals surface area contributed by atoms with Crippen molar-refractivity contribution in [3.8, 4) is 10.4 Å². The van der Waals surface area contributed by atoms with Gasteiger partial charge in [-0.25, -0.2) is 18.2 Å². The number of amides is 2. The monoisotopic (exact) mass is 1170 g/mol. The Bertz CT molecular complexity index is 2410. The first-order chi connectivity index (χ1) is 35.5. The molecule has 4 aromatic rings. The number of β-amino-alcohol motifs (C(OH)–C–C–N with tert-alkyl or cyclic N) is 1. The SMILES string of the molecule is Cc1ncsc1-c1ccc(CNC(=O)[C@@H]2C[C@@H](O)CN2C(=O)[C@@H](CC(=O)CCOCCOCCOCCOCCOCCNCCCOCC(=O)c2ccc(F)c(F)c2Nc2ccc(I)cc2F)C(C)(C)C)cc1. The molecule has 16 nitrogen and oxygen atoms in total. The number of aliphatic hydroxyl groups excluding tert-OH is 1. The van der Waals surface area contributed by atoms with E-state index in [1.54, 1.807) is 17.4 Å². The molecule has 2 amide bonds. The maximum atomic E-state index is 14.7. The molecule has 0 aliphatic carbocycles. The standard InChI is InChI=1S/C53H69F3IN5O11S/c1-35-50(74-34-60-35)37-8-6-36(7-9-37)31-59-51(66)46-30-40(64)32-62(46)52(67)42(53(2,3)4)29-39(63)14-18-68-20-22-70-24-26-72-27-25-71-23-21-69-19-16-58-15-5-17-73-33-47(65)41-11-12-43(54)48(56)49(41)61-45-13-10-38(57)28-44(45)55/h6-13,28,34,40,42,46,58,61,64H,5,14-27,29-33H2,1-4H3,(H,59,66)/t40-,42-,46+/m1/s1. The number of nitrogens with one attached hydrogen (secondary N) is 3. The number of likely N-dealkylation sites (tertiary alicyclic amines) is 1. The van der Waals surface area contributed by atoms with Gasteiger partial charge in [-0.2, -0.15) is 0 Å². The van der Waals surface area contributed by atoms with Crippen LogP contribution in [0.1, 0.15) is 68.1 Å². The molecule has 0 saturated carbocycles. The van der Waals surface area contributed by atoms with Gasteiger partial charge in [0.1, 0.15) is 24.2 Å². The van der Waals surface area contributed by atoms with Gasteiger partial charge >= 0.3 is 0 Å². The first kappa shape index (κ1) is 60.4. The molecule has 5 rings (SSSR count). The van der Waals surface area contributed by atoms with E-state index in [0.717, 1.165) is 33.8 Å². The number of aryl methyl sites for hydroxylation is 1. The number of anilines is 2. The van der Waals surface area contributed by atoms with Gasteiger partial charge in [0, 0.05) is 60.6 Å². The van der Waals surface area contributed by atoms with Crippen molar-refractivity contribution < 1.29 is 65.9 Å². The smallest absolute Gasteiger partial charge is 0.243 e. The molecule has 0 bridgehead atoms. The topological polar surface area (TPSA) is 196 Å². The van der Waals surface area contributed by atoms with Gasteiger partial charge in [0.05, 0.1) is 99.6 Å². The highest BCUT2D eigenvalue weighted by molar-refractivity contribution is 14.1. The first-order valence-corrected chi connectivity index (χ1v) is 26.7. The Morgan fingerprint density at radius 2 is 1.47 bits per heavy atom. The Balaban J connectivity index is 0.821. The summed E-state index contributed by atoms with van der Waals surface area (Å²) in [6.07, 6.45) is -0.0225. The van der Waals surface area contributed by atoms with Crippen LogP contribution in [0.3, 0.4) is 0 Å². The number of halogens is 4. The molecule has 1 saturated heterocycles. The van der Waals surface area contributed by atoms with Crippen LogP contribution < -0.4 is 16.0 Å². The van der Waals surface area contributed by atoms with E-state index in [1.165, 1.54) is 17.0 Å². The second-order valence-corrected chi connectivity index (χ2v) is 20.8. The molecule has 4 N–H and O–H groups in total. The minimum atomic E-state index is -1.29. The van der Waals surface area contributed by atoms with Crippen molar-refractivity contribution in [1.82, 2.24) is 20.5 Å². The number of carbonyl (C=O) groups excluding carboxylic acids is 4. The van der Waals surface area contributed by atoms with Crippen molar-refractivity contribution in [1.29, 1.82) is 0 Å². The minimum absolute atomic E-state index is 0.00934. The first-order valence-electron chi connectivity index (χ1n) is 24.7. The lowest BCUT2D eigenvalue weighted by Gasteiger charge is -2.34. The quantitative estimate of drug-likeness (QED) is 0.0205. The van der Waals surface area contributed by atoms with Crippen LogP contribution in [0.2, 0.25) is 0 Å². The number of carbonyl (C=O) groups is 4. The Morgan fingerprint density at radius 1 is 0.824 bits per heavy atom. The number of hydrogen-bond acceptors (Lipinski definition) is 15. The van der Waals surface area contributed by atoms with E-state index in [1.807, 2.05) is 80.1 Å². The summed E-state index contributed by atoms with van der Waals surface area (Å²) in [4.78, 5) is 60.1. The molecule has 1 aromatic heterocycles. The van der Waals surface area contributed by atoms with Gasteiger partial charge in [0.2, 0.25) is 11.8 Å². The van der Waals surface area contributed by atoms with E-state index in [0.29, 0.717) is 75.9 Å². The van der Waals surface area contributed by atoms with E-state index >= 15 is 0 Å². The van der Waals surface area contributed by atoms with Crippen LogP contribution >= 0.6 is 33.9 Å². The zero-order chi connectivity index (χ0) is 53.5. The van der Waals surface area contributed by atoms with E-state index in [4.69, 9.17) is 28.4 Å². The Kier molecular flexibility index (Phi) is 25.8. The van der Waals surface area contributed by atoms with Gasteiger partial charge in [-0.1, -0.05) is 45.0 Å². The fourth-order valence-corrected chi connectivity index (χ4v) is 9.13. The number of Topliss-reactive ketones (excluding diaryl/α,β-unsaturated/α-hetero) is 2. The molecular weight excluding hydrogens is 1100 g/mol. The fraction of sp³-hybridized carbons (Fsp3) is 0.528. The number of ketones is 2. The molecule has 21 heteroatoms.